The van der Waals surface area contributed by atoms with Crippen molar-refractivity contribution < 1.29 is 9.59 Å². The summed E-state index contributed by atoms with van der Waals surface area (Å²) >= 11 is 12.3. The average molecular weight is 433 g/mol. The summed E-state index contributed by atoms with van der Waals surface area (Å²) in [6, 6.07) is 5.07. The Balaban J connectivity index is 0.00000210. The molecule has 1 spiro atoms. The van der Waals surface area contributed by atoms with Crippen LogP contribution in [0, 0.1) is 11.3 Å². The molecule has 2 amide bonds. The van der Waals surface area contributed by atoms with Gasteiger partial charge in [-0.25, -0.2) is 0 Å². The molecular formula is C19H24Cl3N3O2. The van der Waals surface area contributed by atoms with Crippen LogP contribution in [0.25, 0.3) is 0 Å². The fourth-order valence-electron chi connectivity index (χ4n) is 4.38. The van der Waals surface area contributed by atoms with Crippen LogP contribution < -0.4 is 5.32 Å². The lowest BCUT2D eigenvalue weighted by atomic mass is 9.91. The van der Waals surface area contributed by atoms with Crippen LogP contribution in [-0.4, -0.2) is 60.9 Å². The third-order valence-electron chi connectivity index (χ3n) is 6.14. The van der Waals surface area contributed by atoms with Crippen molar-refractivity contribution in [3.05, 3.63) is 33.8 Å². The molecule has 0 aromatic heterocycles. The van der Waals surface area contributed by atoms with E-state index in [1.54, 1.807) is 23.1 Å². The van der Waals surface area contributed by atoms with Gasteiger partial charge in [0.15, 0.2) is 0 Å². The molecule has 1 unspecified atom stereocenters. The van der Waals surface area contributed by atoms with Gasteiger partial charge in [-0.2, -0.15) is 0 Å². The third-order valence-corrected chi connectivity index (χ3v) is 6.77. The molecule has 148 valence electrons. The summed E-state index contributed by atoms with van der Waals surface area (Å²) in [7, 11) is 0. The second-order valence-corrected chi connectivity index (χ2v) is 8.40. The highest BCUT2D eigenvalue weighted by Gasteiger charge is 2.58. The maximum Gasteiger partial charge on any atom is 0.257 e. The molecule has 4 rings (SSSR count). The molecule has 2 heterocycles. The maximum atomic E-state index is 12.8. The van der Waals surface area contributed by atoms with Gasteiger partial charge in [-0.1, -0.05) is 29.3 Å². The Morgan fingerprint density at radius 2 is 1.56 bits per heavy atom. The lowest BCUT2D eigenvalue weighted by Crippen LogP contribution is -2.51. The molecule has 0 radical (unpaired) electrons. The van der Waals surface area contributed by atoms with Crippen LogP contribution in [0.1, 0.15) is 29.6 Å². The zero-order chi connectivity index (χ0) is 18.3. The molecule has 5 nitrogen and oxygen atoms in total. The quantitative estimate of drug-likeness (QED) is 0.781. The van der Waals surface area contributed by atoms with E-state index in [0.29, 0.717) is 41.8 Å². The minimum atomic E-state index is -0.158. The van der Waals surface area contributed by atoms with Crippen molar-refractivity contribution in [3.8, 4) is 0 Å². The van der Waals surface area contributed by atoms with Crippen LogP contribution in [0.15, 0.2) is 18.2 Å². The number of amides is 2. The number of rotatable bonds is 2. The van der Waals surface area contributed by atoms with Gasteiger partial charge in [-0.3, -0.25) is 9.59 Å². The molecule has 1 saturated carbocycles. The standard InChI is InChI=1S/C19H23Cl2N3O2.ClH/c20-14-2-1-3-15(21)16(14)18(26)24-10-8-23(9-11-24)17(25)13-12-19(13)4-6-22-7-5-19;/h1-3,13,22H,4-12H2;1H. The van der Waals surface area contributed by atoms with E-state index in [0.717, 1.165) is 32.4 Å². The Bertz CT molecular complexity index is 709. The molecule has 1 aliphatic carbocycles. The zero-order valence-corrected chi connectivity index (χ0v) is 17.4. The van der Waals surface area contributed by atoms with E-state index in [-0.39, 0.29) is 35.6 Å². The number of halogens is 3. The van der Waals surface area contributed by atoms with Crippen molar-refractivity contribution in [2.24, 2.45) is 11.3 Å². The number of carbonyl (C=O) groups is 2. The summed E-state index contributed by atoms with van der Waals surface area (Å²) in [5.74, 6) is 0.300. The monoisotopic (exact) mass is 431 g/mol. The highest BCUT2D eigenvalue weighted by atomic mass is 35.5. The normalized spacial score (nSPS) is 23.7. The molecular weight excluding hydrogens is 409 g/mol. The fraction of sp³-hybridized carbons (Fsp3) is 0.579. The van der Waals surface area contributed by atoms with Gasteiger partial charge in [-0.15, -0.1) is 12.4 Å². The molecule has 27 heavy (non-hydrogen) atoms. The molecule has 2 saturated heterocycles. The van der Waals surface area contributed by atoms with E-state index in [2.05, 4.69) is 5.32 Å². The number of piperazine rings is 1. The van der Waals surface area contributed by atoms with Gasteiger partial charge in [0.05, 0.1) is 15.6 Å². The summed E-state index contributed by atoms with van der Waals surface area (Å²) in [5, 5.41) is 4.11. The smallest absolute Gasteiger partial charge is 0.257 e. The Morgan fingerprint density at radius 3 is 2.15 bits per heavy atom. The van der Waals surface area contributed by atoms with Crippen LogP contribution in [0.3, 0.4) is 0 Å². The topological polar surface area (TPSA) is 52.7 Å². The largest absolute Gasteiger partial charge is 0.339 e. The van der Waals surface area contributed by atoms with Crippen molar-refractivity contribution in [1.29, 1.82) is 0 Å². The van der Waals surface area contributed by atoms with E-state index in [1.807, 2.05) is 4.90 Å². The number of piperidine rings is 1. The predicted octanol–water partition coefficient (Wildman–Crippen LogP) is 3.09. The molecule has 1 aromatic rings. The predicted molar refractivity (Wildman–Crippen MR) is 109 cm³/mol. The Labute approximate surface area is 175 Å². The van der Waals surface area contributed by atoms with E-state index < -0.39 is 0 Å². The number of nitrogens with one attached hydrogen (secondary N) is 1. The van der Waals surface area contributed by atoms with E-state index >= 15 is 0 Å². The zero-order valence-electron chi connectivity index (χ0n) is 15.0. The van der Waals surface area contributed by atoms with Gasteiger partial charge in [0, 0.05) is 32.1 Å². The minimum Gasteiger partial charge on any atom is -0.339 e. The summed E-state index contributed by atoms with van der Waals surface area (Å²) in [6.45, 7) is 4.24. The van der Waals surface area contributed by atoms with Gasteiger partial charge >= 0.3 is 0 Å². The third kappa shape index (κ3) is 3.93. The molecule has 1 aromatic carbocycles. The highest BCUT2D eigenvalue weighted by Crippen LogP contribution is 2.59. The Kier molecular flexibility index (Phi) is 6.26. The van der Waals surface area contributed by atoms with Crippen LogP contribution in [0.4, 0.5) is 0 Å². The van der Waals surface area contributed by atoms with Gasteiger partial charge in [0.1, 0.15) is 0 Å². The van der Waals surface area contributed by atoms with Gasteiger partial charge in [-0.05, 0) is 49.9 Å². The van der Waals surface area contributed by atoms with E-state index in [4.69, 9.17) is 23.2 Å². The van der Waals surface area contributed by atoms with Crippen LogP contribution >= 0.6 is 35.6 Å². The number of carbonyl (C=O) groups excluding carboxylic acids is 2. The van der Waals surface area contributed by atoms with Gasteiger partial charge < -0.3 is 15.1 Å². The summed E-state index contributed by atoms with van der Waals surface area (Å²) in [4.78, 5) is 29.3. The second-order valence-electron chi connectivity index (χ2n) is 7.58. The fourth-order valence-corrected chi connectivity index (χ4v) is 4.94. The SMILES string of the molecule is Cl.O=C(c1c(Cl)cccc1Cl)N1CCN(C(=O)C2CC23CCNCC3)CC1. The van der Waals surface area contributed by atoms with Gasteiger partial charge in [0.25, 0.3) is 5.91 Å². The Hall–Kier alpha value is -1.01. The number of benzene rings is 1. The van der Waals surface area contributed by atoms with Crippen molar-refractivity contribution in [1.82, 2.24) is 15.1 Å². The first-order valence-electron chi connectivity index (χ1n) is 9.25. The Morgan fingerprint density at radius 1 is 1.00 bits per heavy atom. The average Bonchev–Trinajstić information content (AvgIpc) is 3.34. The number of nitrogens with zero attached hydrogens (tertiary/aromatic N) is 2. The van der Waals surface area contributed by atoms with E-state index in [1.165, 1.54) is 0 Å². The van der Waals surface area contributed by atoms with Crippen LogP contribution in [-0.2, 0) is 4.79 Å². The molecule has 1 N–H and O–H groups in total. The van der Waals surface area contributed by atoms with Crippen molar-refractivity contribution in [3.63, 3.8) is 0 Å². The summed E-state index contributed by atoms with van der Waals surface area (Å²) < 4.78 is 0. The molecule has 0 bridgehead atoms. The van der Waals surface area contributed by atoms with Crippen molar-refractivity contribution in [2.45, 2.75) is 19.3 Å². The lowest BCUT2D eigenvalue weighted by Gasteiger charge is -2.36. The summed E-state index contributed by atoms with van der Waals surface area (Å²) in [6.07, 6.45) is 3.24. The van der Waals surface area contributed by atoms with Crippen LogP contribution in [0.5, 0.6) is 0 Å². The summed E-state index contributed by atoms with van der Waals surface area (Å²) in [5.41, 5.74) is 0.604. The van der Waals surface area contributed by atoms with Gasteiger partial charge in [0.2, 0.25) is 5.91 Å². The number of hydrogen-bond acceptors (Lipinski definition) is 3. The second kappa shape index (κ2) is 8.16. The first-order chi connectivity index (χ1) is 12.5. The van der Waals surface area contributed by atoms with E-state index in [9.17, 15) is 9.59 Å². The first-order valence-corrected chi connectivity index (χ1v) is 10.0. The van der Waals surface area contributed by atoms with Crippen molar-refractivity contribution in [2.75, 3.05) is 39.3 Å². The number of hydrogen-bond donors (Lipinski definition) is 1. The maximum absolute atomic E-state index is 12.8. The highest BCUT2D eigenvalue weighted by molar-refractivity contribution is 6.39. The lowest BCUT2D eigenvalue weighted by molar-refractivity contribution is -0.135. The first kappa shape index (κ1) is 20.7. The molecule has 3 fully saturated rings. The molecule has 2 aliphatic heterocycles. The minimum absolute atomic E-state index is 0. The molecule has 8 heteroatoms. The molecule has 1 atom stereocenters. The van der Waals surface area contributed by atoms with Crippen LogP contribution in [0.2, 0.25) is 10.0 Å². The molecule has 3 aliphatic rings. The van der Waals surface area contributed by atoms with Crippen molar-refractivity contribution >= 4 is 47.4 Å².